The van der Waals surface area contributed by atoms with Crippen molar-refractivity contribution in [2.45, 2.75) is 44.6 Å². The number of aromatic nitrogens is 3. The number of fused-ring (bicyclic) bond motifs is 1. The van der Waals surface area contributed by atoms with Crippen molar-refractivity contribution in [3.63, 3.8) is 0 Å². The van der Waals surface area contributed by atoms with Crippen LogP contribution < -0.4 is 5.56 Å². The van der Waals surface area contributed by atoms with Gasteiger partial charge < -0.3 is 9.55 Å². The lowest BCUT2D eigenvalue weighted by atomic mass is 9.77. The highest BCUT2D eigenvalue weighted by Crippen LogP contribution is 2.39. The Labute approximate surface area is 195 Å². The highest BCUT2D eigenvalue weighted by atomic mass is 19.2. The van der Waals surface area contributed by atoms with Crippen molar-refractivity contribution >= 4 is 16.8 Å². The molecule has 1 saturated carbocycles. The average molecular weight is 462 g/mol. The summed E-state index contributed by atoms with van der Waals surface area (Å²) in [6.07, 6.45) is 9.57. The Morgan fingerprint density at radius 2 is 1.88 bits per heavy atom. The third kappa shape index (κ3) is 4.42. The topological polar surface area (TPSA) is 67.8 Å². The van der Waals surface area contributed by atoms with Gasteiger partial charge in [-0.25, -0.2) is 13.8 Å². The van der Waals surface area contributed by atoms with Crippen molar-refractivity contribution < 1.29 is 13.6 Å². The van der Waals surface area contributed by atoms with Crippen LogP contribution in [-0.2, 0) is 6.54 Å². The molecule has 3 aromatic heterocycles. The number of carbonyl (C=O) groups excluding carboxylic acids is 1. The largest absolute Gasteiger partial charge is 0.346 e. The molecule has 7 heteroatoms. The van der Waals surface area contributed by atoms with E-state index >= 15 is 0 Å². The Morgan fingerprint density at radius 1 is 1.06 bits per heavy atom. The molecule has 0 spiro atoms. The standard InChI is InChI=1S/C27H25F2N3O2/c28-23-10-7-18(13-24(23)29)16-32-12-2-4-21(27(32)34)25(33)14-17-5-8-19(9-6-17)22-15-31-26-20(22)3-1-11-30-26/h1-4,7,10-13,15,17,19H,5-6,8-9,14,16H2,(H,30,31). The Morgan fingerprint density at radius 3 is 2.68 bits per heavy atom. The molecule has 0 saturated heterocycles. The van der Waals surface area contributed by atoms with Gasteiger partial charge in [0.15, 0.2) is 17.4 Å². The minimum Gasteiger partial charge on any atom is -0.346 e. The van der Waals surface area contributed by atoms with Gasteiger partial charge in [0.2, 0.25) is 0 Å². The lowest BCUT2D eigenvalue weighted by Gasteiger charge is -2.28. The van der Waals surface area contributed by atoms with Gasteiger partial charge in [0.25, 0.3) is 5.56 Å². The molecule has 1 aliphatic carbocycles. The number of aromatic amines is 1. The molecule has 0 unspecified atom stereocenters. The first kappa shape index (κ1) is 22.2. The molecule has 3 heterocycles. The van der Waals surface area contributed by atoms with E-state index < -0.39 is 17.2 Å². The van der Waals surface area contributed by atoms with E-state index in [1.54, 1.807) is 24.5 Å². The number of hydrogen-bond donors (Lipinski definition) is 1. The molecule has 1 aliphatic rings. The third-order valence-corrected chi connectivity index (χ3v) is 6.90. The fourth-order valence-corrected chi connectivity index (χ4v) is 5.07. The summed E-state index contributed by atoms with van der Waals surface area (Å²) in [5, 5.41) is 1.16. The predicted molar refractivity (Wildman–Crippen MR) is 126 cm³/mol. The Hall–Kier alpha value is -3.61. The van der Waals surface area contributed by atoms with Gasteiger partial charge in [-0.15, -0.1) is 0 Å². The van der Waals surface area contributed by atoms with Crippen LogP contribution in [0.4, 0.5) is 8.78 Å². The average Bonchev–Trinajstić information content (AvgIpc) is 3.27. The van der Waals surface area contributed by atoms with Crippen LogP contribution >= 0.6 is 0 Å². The number of nitrogens with zero attached hydrogens (tertiary/aromatic N) is 2. The number of ketones is 1. The Bertz CT molecular complexity index is 1400. The number of carbonyl (C=O) groups is 1. The van der Waals surface area contributed by atoms with Gasteiger partial charge in [-0.2, -0.15) is 0 Å². The number of rotatable bonds is 6. The minimum absolute atomic E-state index is 0.0712. The maximum absolute atomic E-state index is 13.5. The molecule has 1 N–H and O–H groups in total. The monoisotopic (exact) mass is 461 g/mol. The summed E-state index contributed by atoms with van der Waals surface area (Å²) >= 11 is 0. The second kappa shape index (κ2) is 9.33. The van der Waals surface area contributed by atoms with Gasteiger partial charge in [-0.3, -0.25) is 9.59 Å². The van der Waals surface area contributed by atoms with Crippen LogP contribution in [0.5, 0.6) is 0 Å². The van der Waals surface area contributed by atoms with Crippen LogP contribution in [0.15, 0.2) is 65.8 Å². The zero-order chi connectivity index (χ0) is 23.7. The molecule has 5 rings (SSSR count). The van der Waals surface area contributed by atoms with Crippen molar-refractivity contribution in [2.24, 2.45) is 5.92 Å². The SMILES string of the molecule is O=C(CC1CCC(c2c[nH]c3ncccc23)CC1)c1cccn(Cc2ccc(F)c(F)c2)c1=O. The van der Waals surface area contributed by atoms with Gasteiger partial charge in [0.1, 0.15) is 5.65 Å². The first-order valence-electron chi connectivity index (χ1n) is 11.6. The van der Waals surface area contributed by atoms with Gasteiger partial charge in [-0.05, 0) is 85.0 Å². The zero-order valence-electron chi connectivity index (χ0n) is 18.6. The van der Waals surface area contributed by atoms with Crippen molar-refractivity contribution in [2.75, 3.05) is 0 Å². The number of halogens is 2. The molecule has 4 aromatic rings. The highest BCUT2D eigenvalue weighted by molar-refractivity contribution is 5.95. The number of hydrogen-bond acceptors (Lipinski definition) is 3. The molecule has 0 aliphatic heterocycles. The number of pyridine rings is 2. The molecule has 0 atom stereocenters. The summed E-state index contributed by atoms with van der Waals surface area (Å²) in [5.74, 6) is -1.38. The van der Waals surface area contributed by atoms with E-state index in [0.29, 0.717) is 17.9 Å². The maximum atomic E-state index is 13.5. The van der Waals surface area contributed by atoms with Crippen LogP contribution in [0.25, 0.3) is 11.0 Å². The molecule has 1 fully saturated rings. The first-order chi connectivity index (χ1) is 16.5. The zero-order valence-corrected chi connectivity index (χ0v) is 18.6. The fraction of sp³-hybridized carbons (Fsp3) is 0.296. The molecule has 34 heavy (non-hydrogen) atoms. The fourth-order valence-electron chi connectivity index (χ4n) is 5.07. The third-order valence-electron chi connectivity index (χ3n) is 6.90. The van der Waals surface area contributed by atoms with Crippen LogP contribution in [0.3, 0.4) is 0 Å². The van der Waals surface area contributed by atoms with E-state index in [4.69, 9.17) is 0 Å². The number of nitrogens with one attached hydrogen (secondary N) is 1. The summed E-state index contributed by atoms with van der Waals surface area (Å²) < 4.78 is 28.1. The van der Waals surface area contributed by atoms with E-state index in [1.165, 1.54) is 16.2 Å². The quantitative estimate of drug-likeness (QED) is 0.380. The summed E-state index contributed by atoms with van der Waals surface area (Å²) in [6, 6.07) is 10.8. The van der Waals surface area contributed by atoms with Crippen LogP contribution in [0.2, 0.25) is 0 Å². The van der Waals surface area contributed by atoms with E-state index in [2.05, 4.69) is 16.0 Å². The molecule has 5 nitrogen and oxygen atoms in total. The Kier molecular flexibility index (Phi) is 6.09. The maximum Gasteiger partial charge on any atom is 0.261 e. The molecule has 0 radical (unpaired) electrons. The van der Waals surface area contributed by atoms with Gasteiger partial charge in [0, 0.05) is 30.4 Å². The normalized spacial score (nSPS) is 18.3. The summed E-state index contributed by atoms with van der Waals surface area (Å²) in [7, 11) is 0. The minimum atomic E-state index is -0.961. The van der Waals surface area contributed by atoms with E-state index in [1.807, 2.05) is 12.3 Å². The van der Waals surface area contributed by atoms with Crippen molar-refractivity contribution in [1.82, 2.24) is 14.5 Å². The molecule has 0 bridgehead atoms. The van der Waals surface area contributed by atoms with Gasteiger partial charge >= 0.3 is 0 Å². The predicted octanol–water partition coefficient (Wildman–Crippen LogP) is 5.60. The summed E-state index contributed by atoms with van der Waals surface area (Å²) in [4.78, 5) is 33.5. The number of H-pyrrole nitrogens is 1. The van der Waals surface area contributed by atoms with E-state index in [0.717, 1.165) is 48.8 Å². The van der Waals surface area contributed by atoms with E-state index in [-0.39, 0.29) is 23.8 Å². The lowest BCUT2D eigenvalue weighted by Crippen LogP contribution is -2.27. The molecule has 174 valence electrons. The second-order valence-electron chi connectivity index (χ2n) is 9.09. The van der Waals surface area contributed by atoms with Crippen molar-refractivity contribution in [1.29, 1.82) is 0 Å². The van der Waals surface area contributed by atoms with Crippen molar-refractivity contribution in [3.05, 3.63) is 99.7 Å². The molecular weight excluding hydrogens is 436 g/mol. The van der Waals surface area contributed by atoms with Crippen LogP contribution in [-0.4, -0.2) is 20.3 Å². The Balaban J connectivity index is 1.24. The molecular formula is C27H25F2N3O2. The highest BCUT2D eigenvalue weighted by Gasteiger charge is 2.27. The van der Waals surface area contributed by atoms with Crippen LogP contribution in [0, 0.1) is 17.6 Å². The van der Waals surface area contributed by atoms with Gasteiger partial charge in [-0.1, -0.05) is 6.07 Å². The summed E-state index contributed by atoms with van der Waals surface area (Å²) in [5.41, 5.74) is 2.39. The van der Waals surface area contributed by atoms with Crippen LogP contribution in [0.1, 0.15) is 59.5 Å². The molecule has 1 aromatic carbocycles. The van der Waals surface area contributed by atoms with Gasteiger partial charge in [0.05, 0.1) is 12.1 Å². The molecule has 0 amide bonds. The summed E-state index contributed by atoms with van der Waals surface area (Å²) in [6.45, 7) is 0.0712. The first-order valence-corrected chi connectivity index (χ1v) is 11.6. The lowest BCUT2D eigenvalue weighted by molar-refractivity contribution is 0.0946. The number of Topliss-reactive ketones (excluding diaryl/α,β-unsaturated/α-hetero) is 1. The smallest absolute Gasteiger partial charge is 0.261 e. The van der Waals surface area contributed by atoms with E-state index in [9.17, 15) is 18.4 Å². The number of benzene rings is 1. The van der Waals surface area contributed by atoms with Crippen molar-refractivity contribution in [3.8, 4) is 0 Å². The second-order valence-corrected chi connectivity index (χ2v) is 9.09.